The Labute approximate surface area is 197 Å². The summed E-state index contributed by atoms with van der Waals surface area (Å²) in [5, 5.41) is 12.1. The second kappa shape index (κ2) is 10.9. The van der Waals surface area contributed by atoms with E-state index in [2.05, 4.69) is 22.2 Å². The highest BCUT2D eigenvalue weighted by molar-refractivity contribution is 5.96. The van der Waals surface area contributed by atoms with Crippen LogP contribution in [0, 0.1) is 5.41 Å². The fourth-order valence-electron chi connectivity index (χ4n) is 4.09. The van der Waals surface area contributed by atoms with Crippen LogP contribution in [0.2, 0.25) is 0 Å². The number of pyridine rings is 3. The third-order valence-corrected chi connectivity index (χ3v) is 5.97. The van der Waals surface area contributed by atoms with E-state index in [1.807, 2.05) is 18.2 Å². The van der Waals surface area contributed by atoms with E-state index < -0.39 is 0 Å². The van der Waals surface area contributed by atoms with E-state index in [1.165, 1.54) is 29.7 Å². The molecule has 8 heteroatoms. The van der Waals surface area contributed by atoms with Crippen LogP contribution in [0.1, 0.15) is 61.4 Å². The van der Waals surface area contributed by atoms with Crippen LogP contribution in [-0.4, -0.2) is 31.4 Å². The van der Waals surface area contributed by atoms with Crippen molar-refractivity contribution in [3.05, 3.63) is 82.0 Å². The molecule has 2 N–H and O–H groups in total. The van der Waals surface area contributed by atoms with Gasteiger partial charge in [-0.3, -0.25) is 24.4 Å². The number of aromatic nitrogens is 4. The lowest BCUT2D eigenvalue weighted by molar-refractivity contribution is 0.0950. The highest BCUT2D eigenvalue weighted by atomic mass is 16.1. The van der Waals surface area contributed by atoms with Gasteiger partial charge in [0.25, 0.3) is 11.5 Å². The molecule has 0 spiro atoms. The Hall–Kier alpha value is -3.81. The van der Waals surface area contributed by atoms with Crippen molar-refractivity contribution in [1.82, 2.24) is 24.3 Å². The van der Waals surface area contributed by atoms with Crippen LogP contribution in [0.25, 0.3) is 16.7 Å². The number of amides is 1. The molecular weight excluding hydrogens is 428 g/mol. The molecular formula is C26H30N6O2. The monoisotopic (exact) mass is 458 g/mol. The first-order valence-corrected chi connectivity index (χ1v) is 11.9. The first-order valence-electron chi connectivity index (χ1n) is 11.9. The minimum atomic E-state index is -0.346. The fourth-order valence-corrected chi connectivity index (χ4v) is 4.09. The topological polar surface area (TPSA) is 105 Å². The molecule has 4 aromatic rings. The summed E-state index contributed by atoms with van der Waals surface area (Å²) >= 11 is 0. The van der Waals surface area contributed by atoms with Crippen LogP contribution >= 0.6 is 0 Å². The summed E-state index contributed by atoms with van der Waals surface area (Å²) in [7, 11) is 0. The van der Waals surface area contributed by atoms with Crippen molar-refractivity contribution < 1.29 is 4.79 Å². The third-order valence-electron chi connectivity index (χ3n) is 5.97. The summed E-state index contributed by atoms with van der Waals surface area (Å²) in [6.07, 6.45) is 11.8. The van der Waals surface area contributed by atoms with Crippen LogP contribution in [0.4, 0.5) is 0 Å². The van der Waals surface area contributed by atoms with E-state index in [1.54, 1.807) is 35.3 Å². The smallest absolute Gasteiger partial charge is 0.267 e. The molecule has 0 saturated carbocycles. The highest BCUT2D eigenvalue weighted by Crippen LogP contribution is 2.12. The predicted molar refractivity (Wildman–Crippen MR) is 132 cm³/mol. The van der Waals surface area contributed by atoms with E-state index in [4.69, 9.17) is 5.41 Å². The summed E-state index contributed by atoms with van der Waals surface area (Å²) in [5.41, 5.74) is 1.69. The normalized spacial score (nSPS) is 11.2. The molecule has 4 rings (SSSR count). The first-order chi connectivity index (χ1) is 16.6. The Kier molecular flexibility index (Phi) is 7.47. The van der Waals surface area contributed by atoms with E-state index in [0.717, 1.165) is 24.8 Å². The van der Waals surface area contributed by atoms with E-state index in [-0.39, 0.29) is 22.5 Å². The van der Waals surface area contributed by atoms with E-state index >= 15 is 0 Å². The lowest BCUT2D eigenvalue weighted by atomic mass is 10.1. The Balaban J connectivity index is 1.71. The Morgan fingerprint density at radius 1 is 1.06 bits per heavy atom. The molecule has 4 heterocycles. The molecule has 0 unspecified atom stereocenters. The van der Waals surface area contributed by atoms with E-state index in [0.29, 0.717) is 29.8 Å². The molecule has 0 aliphatic rings. The molecule has 8 nitrogen and oxygen atoms in total. The molecule has 0 aromatic carbocycles. The zero-order valence-electron chi connectivity index (χ0n) is 19.5. The SMILES string of the molecule is CCCCCCCCNC(=O)c1cc2c(=O)n3ccccc3nc2n(Cc2ccncc2)c1=N. The van der Waals surface area contributed by atoms with Crippen molar-refractivity contribution in [2.24, 2.45) is 0 Å². The molecule has 0 fully saturated rings. The maximum absolute atomic E-state index is 13.3. The van der Waals surface area contributed by atoms with Crippen LogP contribution in [0.15, 0.2) is 59.8 Å². The maximum atomic E-state index is 13.3. The predicted octanol–water partition coefficient (Wildman–Crippen LogP) is 3.66. The molecule has 0 bridgehead atoms. The third kappa shape index (κ3) is 5.06. The average Bonchev–Trinajstić information content (AvgIpc) is 2.86. The van der Waals surface area contributed by atoms with E-state index in [9.17, 15) is 9.59 Å². The summed E-state index contributed by atoms with van der Waals surface area (Å²) in [6, 6.07) is 10.5. The Bertz CT molecular complexity index is 1410. The quantitative estimate of drug-likeness (QED) is 0.279. The zero-order valence-corrected chi connectivity index (χ0v) is 19.5. The first kappa shape index (κ1) is 23.4. The van der Waals surface area contributed by atoms with Gasteiger partial charge in [-0.2, -0.15) is 0 Å². The lowest BCUT2D eigenvalue weighted by Gasteiger charge is -2.15. The molecule has 1 amide bonds. The molecule has 34 heavy (non-hydrogen) atoms. The van der Waals surface area contributed by atoms with Crippen LogP contribution in [0.5, 0.6) is 0 Å². The van der Waals surface area contributed by atoms with Gasteiger partial charge in [0.2, 0.25) is 0 Å². The minimum absolute atomic E-state index is 0.0249. The average molecular weight is 459 g/mol. The summed E-state index contributed by atoms with van der Waals surface area (Å²) in [5.74, 6) is -0.346. The molecule has 0 aliphatic carbocycles. The highest BCUT2D eigenvalue weighted by Gasteiger charge is 2.17. The largest absolute Gasteiger partial charge is 0.352 e. The van der Waals surface area contributed by atoms with Crippen molar-refractivity contribution in [2.45, 2.75) is 52.0 Å². The minimum Gasteiger partial charge on any atom is -0.352 e. The zero-order chi connectivity index (χ0) is 23.9. The van der Waals surface area contributed by atoms with Gasteiger partial charge >= 0.3 is 0 Å². The molecule has 176 valence electrons. The van der Waals surface area contributed by atoms with Crippen molar-refractivity contribution in [3.63, 3.8) is 0 Å². The van der Waals surface area contributed by atoms with Gasteiger partial charge in [-0.1, -0.05) is 45.1 Å². The second-order valence-electron chi connectivity index (χ2n) is 8.45. The summed E-state index contributed by atoms with van der Waals surface area (Å²) in [4.78, 5) is 35.0. The number of hydrogen-bond donors (Lipinski definition) is 2. The number of nitrogens with one attached hydrogen (secondary N) is 2. The van der Waals surface area contributed by atoms with Crippen molar-refractivity contribution in [1.29, 1.82) is 5.41 Å². The number of carbonyl (C=O) groups excluding carboxylic acids is 1. The van der Waals surface area contributed by atoms with Gasteiger partial charge in [0.15, 0.2) is 0 Å². The van der Waals surface area contributed by atoms with Crippen LogP contribution in [0.3, 0.4) is 0 Å². The standard InChI is InChI=1S/C26H30N6O2/c1-2-3-4-5-6-8-13-29-25(33)20-17-21-24(30-22-10-7-9-16-31(22)26(21)34)32(23(20)27)18-19-11-14-28-15-12-19/h7,9-12,14-17,27H,2-6,8,13,18H2,1H3,(H,29,33). The van der Waals surface area contributed by atoms with Gasteiger partial charge in [-0.15, -0.1) is 0 Å². The van der Waals surface area contributed by atoms with Crippen molar-refractivity contribution in [2.75, 3.05) is 6.54 Å². The lowest BCUT2D eigenvalue weighted by Crippen LogP contribution is -2.35. The number of unbranched alkanes of at least 4 members (excludes halogenated alkanes) is 5. The van der Waals surface area contributed by atoms with Gasteiger partial charge in [-0.05, 0) is 42.3 Å². The summed E-state index contributed by atoms with van der Waals surface area (Å²) in [6.45, 7) is 3.03. The number of fused-ring (bicyclic) bond motifs is 2. The number of rotatable bonds is 10. The number of carbonyl (C=O) groups is 1. The van der Waals surface area contributed by atoms with Gasteiger partial charge in [0, 0.05) is 25.1 Å². The molecule has 4 aromatic heterocycles. The molecule has 0 saturated heterocycles. The van der Waals surface area contributed by atoms with Gasteiger partial charge < -0.3 is 9.88 Å². The summed E-state index contributed by atoms with van der Waals surface area (Å²) < 4.78 is 3.08. The molecule has 0 aliphatic heterocycles. The van der Waals surface area contributed by atoms with Gasteiger partial charge in [-0.25, -0.2) is 4.98 Å². The van der Waals surface area contributed by atoms with Gasteiger partial charge in [0.1, 0.15) is 16.8 Å². The Morgan fingerprint density at radius 3 is 2.62 bits per heavy atom. The van der Waals surface area contributed by atoms with Crippen molar-refractivity contribution in [3.8, 4) is 0 Å². The fraction of sp³-hybridized carbons (Fsp3) is 0.346. The van der Waals surface area contributed by atoms with Crippen molar-refractivity contribution >= 4 is 22.6 Å². The van der Waals surface area contributed by atoms with Gasteiger partial charge in [0.05, 0.1) is 17.5 Å². The number of nitrogens with zero attached hydrogens (tertiary/aromatic N) is 4. The maximum Gasteiger partial charge on any atom is 0.267 e. The Morgan fingerprint density at radius 2 is 1.82 bits per heavy atom. The second-order valence-corrected chi connectivity index (χ2v) is 8.45. The number of hydrogen-bond acceptors (Lipinski definition) is 5. The molecule has 0 radical (unpaired) electrons. The van der Waals surface area contributed by atoms with Crippen LogP contribution in [-0.2, 0) is 6.54 Å². The molecule has 0 atom stereocenters. The van der Waals surface area contributed by atoms with Crippen LogP contribution < -0.4 is 16.4 Å².